The molecule has 0 aliphatic carbocycles. The van der Waals surface area contributed by atoms with Crippen LogP contribution in [0, 0.1) is 5.82 Å². The standard InChI is InChI=1S/C19H22FNO3/c1-3-17(13-6-10-16(24-2)11-7-13)19(23)21-12-18(22)14-4-8-15(20)9-5-14/h4-11,17-18,22H,3,12H2,1-2H3,(H,21,23). The summed E-state index contributed by atoms with van der Waals surface area (Å²) in [6, 6.07) is 12.9. The average Bonchev–Trinajstić information content (AvgIpc) is 2.61. The summed E-state index contributed by atoms with van der Waals surface area (Å²) in [6.07, 6.45) is -0.229. The molecule has 0 aliphatic heterocycles. The van der Waals surface area contributed by atoms with Crippen molar-refractivity contribution in [2.45, 2.75) is 25.4 Å². The molecule has 2 aromatic rings. The number of methoxy groups -OCH3 is 1. The maximum Gasteiger partial charge on any atom is 0.227 e. The van der Waals surface area contributed by atoms with Crippen LogP contribution in [-0.4, -0.2) is 24.7 Å². The molecule has 0 saturated carbocycles. The van der Waals surface area contributed by atoms with E-state index >= 15 is 0 Å². The first kappa shape index (κ1) is 17.9. The van der Waals surface area contributed by atoms with Gasteiger partial charge in [0.1, 0.15) is 11.6 Å². The number of carbonyl (C=O) groups is 1. The number of hydrogen-bond donors (Lipinski definition) is 2. The molecule has 0 fully saturated rings. The first-order valence-corrected chi connectivity index (χ1v) is 7.90. The first-order valence-electron chi connectivity index (χ1n) is 7.90. The highest BCUT2D eigenvalue weighted by Gasteiger charge is 2.19. The smallest absolute Gasteiger partial charge is 0.227 e. The van der Waals surface area contributed by atoms with Crippen molar-refractivity contribution < 1.29 is 19.0 Å². The largest absolute Gasteiger partial charge is 0.497 e. The van der Waals surface area contributed by atoms with Crippen molar-refractivity contribution in [3.8, 4) is 5.75 Å². The zero-order chi connectivity index (χ0) is 17.5. The van der Waals surface area contributed by atoms with Crippen LogP contribution in [0.2, 0.25) is 0 Å². The van der Waals surface area contributed by atoms with E-state index in [1.807, 2.05) is 31.2 Å². The highest BCUT2D eigenvalue weighted by Crippen LogP contribution is 2.23. The van der Waals surface area contributed by atoms with Crippen LogP contribution in [0.3, 0.4) is 0 Å². The number of aliphatic hydroxyl groups is 1. The van der Waals surface area contributed by atoms with E-state index in [0.29, 0.717) is 12.0 Å². The average molecular weight is 331 g/mol. The molecule has 0 spiro atoms. The minimum absolute atomic E-state index is 0.0805. The Morgan fingerprint density at radius 2 is 1.71 bits per heavy atom. The number of hydrogen-bond acceptors (Lipinski definition) is 3. The zero-order valence-electron chi connectivity index (χ0n) is 13.8. The second-order valence-electron chi connectivity index (χ2n) is 5.55. The van der Waals surface area contributed by atoms with Crippen LogP contribution in [0.4, 0.5) is 4.39 Å². The van der Waals surface area contributed by atoms with Crippen molar-refractivity contribution in [1.82, 2.24) is 5.32 Å². The molecular weight excluding hydrogens is 309 g/mol. The predicted octanol–water partition coefficient (Wildman–Crippen LogP) is 3.18. The number of nitrogens with one attached hydrogen (secondary N) is 1. The Hall–Kier alpha value is -2.40. The Kier molecular flexibility index (Phi) is 6.32. The summed E-state index contributed by atoms with van der Waals surface area (Å²) in [5, 5.41) is 12.9. The van der Waals surface area contributed by atoms with Gasteiger partial charge in [0.2, 0.25) is 5.91 Å². The van der Waals surface area contributed by atoms with Crippen molar-refractivity contribution in [3.05, 3.63) is 65.5 Å². The Morgan fingerprint density at radius 1 is 1.12 bits per heavy atom. The van der Waals surface area contributed by atoms with Crippen molar-refractivity contribution in [2.75, 3.05) is 13.7 Å². The quantitative estimate of drug-likeness (QED) is 0.819. The molecule has 2 N–H and O–H groups in total. The molecule has 4 nitrogen and oxygen atoms in total. The lowest BCUT2D eigenvalue weighted by Crippen LogP contribution is -2.32. The summed E-state index contributed by atoms with van der Waals surface area (Å²) in [5.74, 6) is -0.0681. The number of benzene rings is 2. The van der Waals surface area contributed by atoms with Crippen LogP contribution in [-0.2, 0) is 4.79 Å². The van der Waals surface area contributed by atoms with Crippen molar-refractivity contribution in [3.63, 3.8) is 0 Å². The van der Waals surface area contributed by atoms with Gasteiger partial charge in [0.25, 0.3) is 0 Å². The van der Waals surface area contributed by atoms with Gasteiger partial charge in [-0.25, -0.2) is 4.39 Å². The summed E-state index contributed by atoms with van der Waals surface area (Å²) in [4.78, 5) is 12.4. The predicted molar refractivity (Wildman–Crippen MR) is 90.4 cm³/mol. The first-order chi connectivity index (χ1) is 11.5. The summed E-state index contributed by atoms with van der Waals surface area (Å²) in [7, 11) is 1.59. The topological polar surface area (TPSA) is 58.6 Å². The lowest BCUT2D eigenvalue weighted by atomic mass is 9.95. The fourth-order valence-electron chi connectivity index (χ4n) is 2.53. The summed E-state index contributed by atoms with van der Waals surface area (Å²) >= 11 is 0. The van der Waals surface area contributed by atoms with E-state index in [1.165, 1.54) is 24.3 Å². The third-order valence-corrected chi connectivity index (χ3v) is 3.97. The van der Waals surface area contributed by atoms with E-state index in [2.05, 4.69) is 5.32 Å². The zero-order valence-corrected chi connectivity index (χ0v) is 13.8. The maximum atomic E-state index is 12.9. The fourth-order valence-corrected chi connectivity index (χ4v) is 2.53. The molecule has 0 radical (unpaired) electrons. The molecular formula is C19H22FNO3. The molecule has 24 heavy (non-hydrogen) atoms. The second-order valence-corrected chi connectivity index (χ2v) is 5.55. The second kappa shape index (κ2) is 8.45. The summed E-state index contributed by atoms with van der Waals surface area (Å²) in [5.41, 5.74) is 1.46. The summed E-state index contributed by atoms with van der Waals surface area (Å²) < 4.78 is 18.0. The minimum atomic E-state index is -0.872. The number of carbonyl (C=O) groups excluding carboxylic acids is 1. The van der Waals surface area contributed by atoms with Crippen LogP contribution >= 0.6 is 0 Å². The van der Waals surface area contributed by atoms with Gasteiger partial charge in [-0.3, -0.25) is 4.79 Å². The van der Waals surface area contributed by atoms with Crippen molar-refractivity contribution in [1.29, 1.82) is 0 Å². The van der Waals surface area contributed by atoms with Crippen molar-refractivity contribution in [2.24, 2.45) is 0 Å². The van der Waals surface area contributed by atoms with Gasteiger partial charge in [0, 0.05) is 6.54 Å². The highest BCUT2D eigenvalue weighted by molar-refractivity contribution is 5.83. The third-order valence-electron chi connectivity index (χ3n) is 3.97. The highest BCUT2D eigenvalue weighted by atomic mass is 19.1. The van der Waals surface area contributed by atoms with E-state index in [9.17, 15) is 14.3 Å². The molecule has 2 rings (SSSR count). The Balaban J connectivity index is 1.97. The number of amides is 1. The molecule has 1 amide bonds. The molecule has 2 unspecified atom stereocenters. The van der Waals surface area contributed by atoms with Crippen LogP contribution in [0.5, 0.6) is 5.75 Å². The lowest BCUT2D eigenvalue weighted by Gasteiger charge is -2.18. The number of aliphatic hydroxyl groups excluding tert-OH is 1. The Bertz CT molecular complexity index is 655. The lowest BCUT2D eigenvalue weighted by molar-refractivity contribution is -0.123. The normalized spacial score (nSPS) is 13.2. The monoisotopic (exact) mass is 331 g/mol. The molecule has 0 bridgehead atoms. The number of halogens is 1. The van der Waals surface area contributed by atoms with Crippen LogP contribution in [0.1, 0.15) is 36.5 Å². The molecule has 5 heteroatoms. The van der Waals surface area contributed by atoms with E-state index in [1.54, 1.807) is 7.11 Å². The van der Waals surface area contributed by atoms with Gasteiger partial charge >= 0.3 is 0 Å². The molecule has 0 aromatic heterocycles. The van der Waals surface area contributed by atoms with Crippen LogP contribution < -0.4 is 10.1 Å². The molecule has 2 atom stereocenters. The van der Waals surface area contributed by atoms with Crippen molar-refractivity contribution >= 4 is 5.91 Å². The fraction of sp³-hybridized carbons (Fsp3) is 0.316. The van der Waals surface area contributed by atoms with Gasteiger partial charge in [-0.1, -0.05) is 31.2 Å². The van der Waals surface area contributed by atoms with E-state index in [-0.39, 0.29) is 24.2 Å². The van der Waals surface area contributed by atoms with Crippen LogP contribution in [0.15, 0.2) is 48.5 Å². The Morgan fingerprint density at radius 3 is 2.25 bits per heavy atom. The van der Waals surface area contributed by atoms with E-state index in [4.69, 9.17) is 4.74 Å². The maximum absolute atomic E-state index is 12.9. The molecule has 128 valence electrons. The summed E-state index contributed by atoms with van der Waals surface area (Å²) in [6.45, 7) is 2.02. The van der Waals surface area contributed by atoms with Crippen LogP contribution in [0.25, 0.3) is 0 Å². The minimum Gasteiger partial charge on any atom is -0.497 e. The van der Waals surface area contributed by atoms with Gasteiger partial charge in [-0.2, -0.15) is 0 Å². The van der Waals surface area contributed by atoms with Gasteiger partial charge in [-0.05, 0) is 41.8 Å². The molecule has 0 heterocycles. The number of ether oxygens (including phenoxy) is 1. The van der Waals surface area contributed by atoms with Gasteiger partial charge in [-0.15, -0.1) is 0 Å². The number of rotatable bonds is 7. The van der Waals surface area contributed by atoms with Gasteiger partial charge in [0.05, 0.1) is 19.1 Å². The molecule has 2 aromatic carbocycles. The Labute approximate surface area is 141 Å². The molecule has 0 saturated heterocycles. The third kappa shape index (κ3) is 4.55. The van der Waals surface area contributed by atoms with Gasteiger partial charge < -0.3 is 15.2 Å². The van der Waals surface area contributed by atoms with E-state index in [0.717, 1.165) is 11.3 Å². The molecule has 0 aliphatic rings. The van der Waals surface area contributed by atoms with E-state index < -0.39 is 6.10 Å². The SMILES string of the molecule is CCC(C(=O)NCC(O)c1ccc(F)cc1)c1ccc(OC)cc1. The van der Waals surface area contributed by atoms with Gasteiger partial charge in [0.15, 0.2) is 0 Å².